The van der Waals surface area contributed by atoms with Gasteiger partial charge in [0.05, 0.1) is 5.41 Å². The van der Waals surface area contributed by atoms with Gasteiger partial charge in [-0.05, 0) is 20.3 Å². The fourth-order valence-corrected chi connectivity index (χ4v) is 1.03. The summed E-state index contributed by atoms with van der Waals surface area (Å²) in [5, 5.41) is 0. The van der Waals surface area contributed by atoms with Crippen LogP contribution in [0, 0.1) is 5.41 Å². The SMILES string of the molecule is CC1=CCC(C)(C(F)(F)F)C=C1. The molecule has 0 heterocycles. The van der Waals surface area contributed by atoms with Crippen molar-refractivity contribution in [2.24, 2.45) is 5.41 Å². The van der Waals surface area contributed by atoms with E-state index in [4.69, 9.17) is 0 Å². The summed E-state index contributed by atoms with van der Waals surface area (Å²) in [6.45, 7) is 3.01. The van der Waals surface area contributed by atoms with E-state index < -0.39 is 11.6 Å². The monoisotopic (exact) mass is 176 g/mol. The normalized spacial score (nSPS) is 30.2. The maximum absolute atomic E-state index is 12.4. The van der Waals surface area contributed by atoms with Crippen LogP contribution in [0.3, 0.4) is 0 Å². The Morgan fingerprint density at radius 2 is 2.00 bits per heavy atom. The number of rotatable bonds is 0. The summed E-state index contributed by atoms with van der Waals surface area (Å²) in [5.41, 5.74) is -0.760. The third-order valence-electron chi connectivity index (χ3n) is 2.21. The Morgan fingerprint density at radius 3 is 2.33 bits per heavy atom. The first kappa shape index (κ1) is 9.36. The Kier molecular flexibility index (Phi) is 2.06. The van der Waals surface area contributed by atoms with Crippen molar-refractivity contribution in [2.45, 2.75) is 26.4 Å². The lowest BCUT2D eigenvalue weighted by atomic mass is 9.81. The number of alkyl halides is 3. The van der Waals surface area contributed by atoms with Gasteiger partial charge in [-0.2, -0.15) is 13.2 Å². The Labute approximate surface area is 69.8 Å². The lowest BCUT2D eigenvalue weighted by Crippen LogP contribution is -2.33. The Bertz CT molecular complexity index is 235. The van der Waals surface area contributed by atoms with E-state index in [-0.39, 0.29) is 6.42 Å². The van der Waals surface area contributed by atoms with Crippen LogP contribution in [0.15, 0.2) is 23.8 Å². The maximum atomic E-state index is 12.4. The Morgan fingerprint density at radius 1 is 1.42 bits per heavy atom. The topological polar surface area (TPSA) is 0 Å². The minimum Gasteiger partial charge on any atom is -0.170 e. The second-order valence-electron chi connectivity index (χ2n) is 3.40. The smallest absolute Gasteiger partial charge is 0.170 e. The summed E-state index contributed by atoms with van der Waals surface area (Å²) in [7, 11) is 0. The maximum Gasteiger partial charge on any atom is 0.397 e. The second kappa shape index (κ2) is 2.64. The van der Waals surface area contributed by atoms with E-state index in [1.165, 1.54) is 19.1 Å². The Hall–Kier alpha value is -0.730. The summed E-state index contributed by atoms with van der Waals surface area (Å²) in [5.74, 6) is 0. The van der Waals surface area contributed by atoms with Crippen LogP contribution in [0.5, 0.6) is 0 Å². The molecule has 0 nitrogen and oxygen atoms in total. The molecule has 0 aliphatic heterocycles. The fraction of sp³-hybridized carbons (Fsp3) is 0.556. The molecule has 0 aromatic carbocycles. The predicted octanol–water partition coefficient (Wildman–Crippen LogP) is 3.46. The largest absolute Gasteiger partial charge is 0.397 e. The van der Waals surface area contributed by atoms with Crippen LogP contribution in [0.25, 0.3) is 0 Å². The molecule has 3 heteroatoms. The third kappa shape index (κ3) is 1.54. The molecule has 1 atom stereocenters. The van der Waals surface area contributed by atoms with E-state index in [1.807, 2.05) is 0 Å². The minimum absolute atomic E-state index is 0.0544. The molecule has 0 saturated heterocycles. The van der Waals surface area contributed by atoms with Crippen molar-refractivity contribution in [2.75, 3.05) is 0 Å². The molecule has 0 aromatic heterocycles. The van der Waals surface area contributed by atoms with Gasteiger partial charge in [0.1, 0.15) is 0 Å². The van der Waals surface area contributed by atoms with Crippen molar-refractivity contribution in [3.63, 3.8) is 0 Å². The average molecular weight is 176 g/mol. The molecule has 0 aromatic rings. The molecule has 0 saturated carbocycles. The van der Waals surface area contributed by atoms with Crippen LogP contribution in [0.1, 0.15) is 20.3 Å². The predicted molar refractivity (Wildman–Crippen MR) is 41.7 cm³/mol. The van der Waals surface area contributed by atoms with E-state index in [0.29, 0.717) is 0 Å². The van der Waals surface area contributed by atoms with Crippen molar-refractivity contribution in [1.82, 2.24) is 0 Å². The van der Waals surface area contributed by atoms with Gasteiger partial charge in [0.2, 0.25) is 0 Å². The van der Waals surface area contributed by atoms with Crippen LogP contribution in [0.4, 0.5) is 13.2 Å². The van der Waals surface area contributed by atoms with Crippen molar-refractivity contribution < 1.29 is 13.2 Å². The molecular weight excluding hydrogens is 165 g/mol. The molecule has 12 heavy (non-hydrogen) atoms. The minimum atomic E-state index is -4.14. The molecule has 68 valence electrons. The van der Waals surface area contributed by atoms with Gasteiger partial charge in [-0.15, -0.1) is 0 Å². The molecule has 0 radical (unpaired) electrons. The van der Waals surface area contributed by atoms with E-state index in [2.05, 4.69) is 0 Å². The van der Waals surface area contributed by atoms with Gasteiger partial charge >= 0.3 is 6.18 Å². The first-order valence-electron chi connectivity index (χ1n) is 3.78. The van der Waals surface area contributed by atoms with Gasteiger partial charge in [0.25, 0.3) is 0 Å². The lowest BCUT2D eigenvalue weighted by Gasteiger charge is -2.29. The molecule has 1 rings (SSSR count). The van der Waals surface area contributed by atoms with Crippen molar-refractivity contribution in [3.05, 3.63) is 23.8 Å². The average Bonchev–Trinajstić information content (AvgIpc) is 1.93. The first-order valence-corrected chi connectivity index (χ1v) is 3.78. The highest BCUT2D eigenvalue weighted by Crippen LogP contribution is 2.44. The van der Waals surface area contributed by atoms with Crippen molar-refractivity contribution in [1.29, 1.82) is 0 Å². The zero-order valence-electron chi connectivity index (χ0n) is 7.07. The highest BCUT2D eigenvalue weighted by atomic mass is 19.4. The molecular formula is C9H11F3. The van der Waals surface area contributed by atoms with Gasteiger partial charge in [0.15, 0.2) is 0 Å². The molecule has 0 spiro atoms. The molecule has 1 aliphatic carbocycles. The molecule has 0 fully saturated rings. The van der Waals surface area contributed by atoms with Crippen LogP contribution < -0.4 is 0 Å². The van der Waals surface area contributed by atoms with E-state index in [1.54, 1.807) is 13.0 Å². The summed E-state index contributed by atoms with van der Waals surface area (Å²) >= 11 is 0. The van der Waals surface area contributed by atoms with Gasteiger partial charge < -0.3 is 0 Å². The molecule has 1 unspecified atom stereocenters. The quantitative estimate of drug-likeness (QED) is 0.530. The summed E-state index contributed by atoms with van der Waals surface area (Å²) < 4.78 is 37.1. The number of allylic oxidation sites excluding steroid dienone is 4. The molecule has 1 aliphatic rings. The van der Waals surface area contributed by atoms with Crippen LogP contribution in [-0.2, 0) is 0 Å². The standard InChI is InChI=1S/C9H11F3/c1-7-3-5-8(2,6-4-7)9(10,11)12/h3-5H,6H2,1-2H3. The highest BCUT2D eigenvalue weighted by Gasteiger charge is 2.48. The summed E-state index contributed by atoms with van der Waals surface area (Å²) in [4.78, 5) is 0. The van der Waals surface area contributed by atoms with Gasteiger partial charge in [-0.25, -0.2) is 0 Å². The first-order chi connectivity index (χ1) is 5.35. The highest BCUT2D eigenvalue weighted by molar-refractivity contribution is 5.25. The summed E-state index contributed by atoms with van der Waals surface area (Å²) in [6.07, 6.45) is 0.298. The van der Waals surface area contributed by atoms with Crippen LogP contribution >= 0.6 is 0 Å². The zero-order chi connectivity index (χ0) is 9.41. The molecule has 0 bridgehead atoms. The van der Waals surface area contributed by atoms with Gasteiger partial charge in [0, 0.05) is 0 Å². The lowest BCUT2D eigenvalue weighted by molar-refractivity contribution is -0.199. The third-order valence-corrected chi connectivity index (χ3v) is 2.21. The van der Waals surface area contributed by atoms with Crippen LogP contribution in [-0.4, -0.2) is 6.18 Å². The zero-order valence-corrected chi connectivity index (χ0v) is 7.07. The number of hydrogen-bond donors (Lipinski definition) is 0. The summed E-state index contributed by atoms with van der Waals surface area (Å²) in [6, 6.07) is 0. The fourth-order valence-electron chi connectivity index (χ4n) is 1.03. The van der Waals surface area contributed by atoms with Crippen molar-refractivity contribution in [3.8, 4) is 0 Å². The van der Waals surface area contributed by atoms with E-state index >= 15 is 0 Å². The van der Waals surface area contributed by atoms with E-state index in [9.17, 15) is 13.2 Å². The molecule has 0 amide bonds. The van der Waals surface area contributed by atoms with E-state index in [0.717, 1.165) is 5.57 Å². The van der Waals surface area contributed by atoms with Crippen molar-refractivity contribution >= 4 is 0 Å². The number of hydrogen-bond acceptors (Lipinski definition) is 0. The number of halogens is 3. The van der Waals surface area contributed by atoms with Gasteiger partial charge in [-0.3, -0.25) is 0 Å². The second-order valence-corrected chi connectivity index (χ2v) is 3.40. The van der Waals surface area contributed by atoms with Crippen LogP contribution in [0.2, 0.25) is 0 Å². The van der Waals surface area contributed by atoms with Gasteiger partial charge in [-0.1, -0.05) is 23.8 Å². The molecule has 0 N–H and O–H groups in total. The Balaban J connectivity index is 2.86.